The molecule has 1 saturated carbocycles. The number of oxime groups is 1. The van der Waals surface area contributed by atoms with Crippen LogP contribution in [0.3, 0.4) is 0 Å². The number of aromatic nitrogens is 1. The van der Waals surface area contributed by atoms with Crippen LogP contribution < -0.4 is 5.32 Å². The zero-order chi connectivity index (χ0) is 21.7. The quantitative estimate of drug-likeness (QED) is 0.563. The average Bonchev–Trinajstić information content (AvgIpc) is 3.43. The molecular weight excluding hydrogens is 393 g/mol. The Bertz CT molecular complexity index is 812. The molecule has 9 heteroatoms. The van der Waals surface area contributed by atoms with Gasteiger partial charge >= 0.3 is 5.97 Å². The van der Waals surface area contributed by atoms with Gasteiger partial charge in [0.15, 0.2) is 0 Å². The number of pyridine rings is 1. The second kappa shape index (κ2) is 9.51. The van der Waals surface area contributed by atoms with Crippen molar-refractivity contribution in [2.45, 2.75) is 75.5 Å². The second-order valence-corrected chi connectivity index (χ2v) is 8.01. The number of amides is 1. The summed E-state index contributed by atoms with van der Waals surface area (Å²) < 4.78 is 12.9. The summed E-state index contributed by atoms with van der Waals surface area (Å²) >= 11 is 0. The number of aliphatic carboxylic acids is 1. The van der Waals surface area contributed by atoms with Crippen molar-refractivity contribution in [1.82, 2.24) is 10.3 Å². The molecule has 3 atom stereocenters. The van der Waals surface area contributed by atoms with Gasteiger partial charge in [0.1, 0.15) is 18.5 Å². The molecule has 0 aromatic carbocycles. The van der Waals surface area contributed by atoms with Crippen LogP contribution in [-0.2, 0) is 14.4 Å². The maximum atomic E-state index is 12.9. The number of rotatable bonds is 9. The zero-order valence-electron chi connectivity index (χ0n) is 17.0. The summed E-state index contributed by atoms with van der Waals surface area (Å²) in [6.07, 6.45) is 4.66. The number of nitrogens with one attached hydrogen (secondary N) is 1. The van der Waals surface area contributed by atoms with E-state index in [1.165, 1.54) is 18.4 Å². The lowest BCUT2D eigenvalue weighted by Crippen LogP contribution is -2.54. The van der Waals surface area contributed by atoms with Crippen LogP contribution in [0.5, 0.6) is 0 Å². The van der Waals surface area contributed by atoms with Crippen LogP contribution in [0.1, 0.15) is 69.0 Å². The fraction of sp³-hybridized carbons (Fsp3) is 0.619. The zero-order valence-corrected chi connectivity index (χ0v) is 17.0. The van der Waals surface area contributed by atoms with Crippen LogP contribution in [0, 0.1) is 0 Å². The molecule has 2 aliphatic rings. The fourth-order valence-corrected chi connectivity index (χ4v) is 4.08. The molecule has 1 aliphatic heterocycles. The van der Waals surface area contributed by atoms with E-state index in [0.29, 0.717) is 17.3 Å². The Morgan fingerprint density at radius 2 is 2.13 bits per heavy atom. The first-order valence-electron chi connectivity index (χ1n) is 10.4. The molecule has 0 bridgehead atoms. The summed E-state index contributed by atoms with van der Waals surface area (Å²) in [4.78, 5) is 33.8. The van der Waals surface area contributed by atoms with E-state index in [-0.39, 0.29) is 12.8 Å². The molecule has 1 aromatic rings. The molecule has 2 heterocycles. The molecule has 8 nitrogen and oxygen atoms in total. The lowest BCUT2D eigenvalue weighted by molar-refractivity contribution is -0.147. The molecule has 0 spiro atoms. The number of nitrogens with zero attached hydrogens (tertiary/aromatic N) is 2. The van der Waals surface area contributed by atoms with Gasteiger partial charge in [0, 0.05) is 12.6 Å². The minimum atomic E-state index is -1.62. The van der Waals surface area contributed by atoms with Gasteiger partial charge in [0.05, 0.1) is 18.2 Å². The predicted octanol–water partition coefficient (Wildman–Crippen LogP) is 2.30. The Hall–Kier alpha value is -2.55. The standard InChI is InChI=1S/C21H28FN3O5/c1-2-21(20(29)24-16(10-19(27)28)18(26)12-22)11-17(25-30-21)15-9-14(7-8-23-15)13-5-3-4-6-13/h7-9,13,16,18,26H,2-6,10-12H2,1H3,(H,24,29)(H,27,28). The Balaban J connectivity index is 1.73. The Morgan fingerprint density at radius 3 is 2.77 bits per heavy atom. The number of hydrogen-bond donors (Lipinski definition) is 3. The smallest absolute Gasteiger partial charge is 0.305 e. The van der Waals surface area contributed by atoms with Gasteiger partial charge in [0.25, 0.3) is 5.91 Å². The van der Waals surface area contributed by atoms with Crippen molar-refractivity contribution in [3.05, 3.63) is 29.6 Å². The lowest BCUT2D eigenvalue weighted by Gasteiger charge is -2.28. The highest BCUT2D eigenvalue weighted by molar-refractivity contribution is 6.04. The molecule has 1 aromatic heterocycles. The molecule has 1 amide bonds. The first-order valence-corrected chi connectivity index (χ1v) is 10.4. The number of alkyl halides is 1. The minimum Gasteiger partial charge on any atom is -0.481 e. The van der Waals surface area contributed by atoms with Crippen LogP contribution in [0.25, 0.3) is 0 Å². The van der Waals surface area contributed by atoms with Crippen LogP contribution >= 0.6 is 0 Å². The van der Waals surface area contributed by atoms with Gasteiger partial charge in [-0.05, 0) is 42.9 Å². The Kier molecular flexibility index (Phi) is 7.02. The number of carbonyl (C=O) groups is 2. The fourth-order valence-electron chi connectivity index (χ4n) is 4.08. The van der Waals surface area contributed by atoms with Gasteiger partial charge in [-0.15, -0.1) is 0 Å². The summed E-state index contributed by atoms with van der Waals surface area (Å²) in [6, 6.07) is 2.73. The number of carboxylic acids is 1. The van der Waals surface area contributed by atoms with Crippen LogP contribution in [0.4, 0.5) is 4.39 Å². The van der Waals surface area contributed by atoms with E-state index in [4.69, 9.17) is 9.94 Å². The maximum absolute atomic E-state index is 12.9. The topological polar surface area (TPSA) is 121 Å². The van der Waals surface area contributed by atoms with Crippen LogP contribution in [0.2, 0.25) is 0 Å². The van der Waals surface area contributed by atoms with Gasteiger partial charge in [0.2, 0.25) is 5.60 Å². The van der Waals surface area contributed by atoms with E-state index in [2.05, 4.69) is 15.5 Å². The van der Waals surface area contributed by atoms with E-state index < -0.39 is 42.7 Å². The molecule has 0 radical (unpaired) electrons. The third-order valence-electron chi connectivity index (χ3n) is 6.01. The van der Waals surface area contributed by atoms with Crippen molar-refractivity contribution in [3.8, 4) is 0 Å². The number of carbonyl (C=O) groups excluding carboxylic acids is 1. The first-order chi connectivity index (χ1) is 14.4. The molecule has 0 saturated heterocycles. The number of aliphatic hydroxyl groups excluding tert-OH is 1. The second-order valence-electron chi connectivity index (χ2n) is 8.01. The van der Waals surface area contributed by atoms with Gasteiger partial charge < -0.3 is 20.4 Å². The van der Waals surface area contributed by atoms with Crippen molar-refractivity contribution in [3.63, 3.8) is 0 Å². The molecule has 3 N–H and O–H groups in total. The van der Waals surface area contributed by atoms with Gasteiger partial charge in [-0.3, -0.25) is 14.6 Å². The van der Waals surface area contributed by atoms with Crippen molar-refractivity contribution in [1.29, 1.82) is 0 Å². The normalized spacial score (nSPS) is 23.5. The third-order valence-corrected chi connectivity index (χ3v) is 6.01. The van der Waals surface area contributed by atoms with Gasteiger partial charge in [-0.2, -0.15) is 0 Å². The summed E-state index contributed by atoms with van der Waals surface area (Å²) in [5, 5.41) is 25.3. The van der Waals surface area contributed by atoms with Gasteiger partial charge in [-0.1, -0.05) is 24.9 Å². The number of hydrogen-bond acceptors (Lipinski definition) is 6. The predicted molar refractivity (Wildman–Crippen MR) is 107 cm³/mol. The monoisotopic (exact) mass is 421 g/mol. The van der Waals surface area contributed by atoms with Crippen molar-refractivity contribution in [2.24, 2.45) is 5.16 Å². The van der Waals surface area contributed by atoms with Crippen LogP contribution in [-0.4, -0.2) is 57.2 Å². The average molecular weight is 421 g/mol. The summed E-state index contributed by atoms with van der Waals surface area (Å²) in [6.45, 7) is 0.579. The third kappa shape index (κ3) is 4.77. The SMILES string of the molecule is CCC1(C(=O)NC(CC(=O)O)C(O)CF)CC(c2cc(C3CCCC3)ccn2)=NO1. The van der Waals surface area contributed by atoms with E-state index in [1.54, 1.807) is 13.1 Å². The minimum absolute atomic E-state index is 0.155. The maximum Gasteiger partial charge on any atom is 0.305 e. The summed E-state index contributed by atoms with van der Waals surface area (Å²) in [5.74, 6) is -1.38. The molecule has 3 rings (SSSR count). The molecular formula is C21H28FN3O5. The highest BCUT2D eigenvalue weighted by Gasteiger charge is 2.46. The van der Waals surface area contributed by atoms with E-state index in [0.717, 1.165) is 12.8 Å². The first kappa shape index (κ1) is 22.1. The van der Waals surface area contributed by atoms with Crippen LogP contribution in [0.15, 0.2) is 23.5 Å². The van der Waals surface area contributed by atoms with E-state index >= 15 is 0 Å². The van der Waals surface area contributed by atoms with Crippen molar-refractivity contribution < 1.29 is 29.0 Å². The Morgan fingerprint density at radius 1 is 1.40 bits per heavy atom. The molecule has 3 unspecified atom stereocenters. The van der Waals surface area contributed by atoms with E-state index in [1.807, 2.05) is 12.1 Å². The molecule has 164 valence electrons. The van der Waals surface area contributed by atoms with Crippen molar-refractivity contribution in [2.75, 3.05) is 6.67 Å². The molecule has 30 heavy (non-hydrogen) atoms. The summed E-state index contributed by atoms with van der Waals surface area (Å²) in [5.41, 5.74) is 1.03. The number of carboxylic acid groups (broad SMARTS) is 1. The largest absolute Gasteiger partial charge is 0.481 e. The molecule has 1 aliphatic carbocycles. The number of halogens is 1. The Labute approximate surface area is 174 Å². The number of aliphatic hydroxyl groups is 1. The van der Waals surface area contributed by atoms with E-state index in [9.17, 15) is 19.1 Å². The molecule has 1 fully saturated rings. The highest BCUT2D eigenvalue weighted by Crippen LogP contribution is 2.35. The highest BCUT2D eigenvalue weighted by atomic mass is 19.1. The van der Waals surface area contributed by atoms with Gasteiger partial charge in [-0.25, -0.2) is 4.39 Å². The lowest BCUT2D eigenvalue weighted by atomic mass is 9.90. The summed E-state index contributed by atoms with van der Waals surface area (Å²) in [7, 11) is 0. The van der Waals surface area contributed by atoms with Crippen molar-refractivity contribution >= 4 is 17.6 Å².